The van der Waals surface area contributed by atoms with E-state index in [0.29, 0.717) is 12.8 Å². The molecule has 5 nitrogen and oxygen atoms in total. The fraction of sp³-hybridized carbons (Fsp3) is 0.405. The van der Waals surface area contributed by atoms with Gasteiger partial charge in [0.15, 0.2) is 11.5 Å². The third-order valence-electron chi connectivity index (χ3n) is 8.63. The summed E-state index contributed by atoms with van der Waals surface area (Å²) in [6.45, 7) is 14.9. The topological polar surface area (TPSA) is 82.2 Å². The van der Waals surface area contributed by atoms with Crippen LogP contribution in [0.1, 0.15) is 107 Å². The predicted octanol–water partition coefficient (Wildman–Crippen LogP) is 11.1. The molecule has 0 aliphatic heterocycles. The maximum absolute atomic E-state index is 11.6. The van der Waals surface area contributed by atoms with Crippen LogP contribution in [0, 0.1) is 6.92 Å². The zero-order valence-corrected chi connectivity index (χ0v) is 30.9. The number of ketones is 1. The summed E-state index contributed by atoms with van der Waals surface area (Å²) in [6.07, 6.45) is 11.7. The first-order valence-electron chi connectivity index (χ1n) is 17.5. The molecular weight excluding hydrogens is 639 g/mol. The zero-order valence-electron chi connectivity index (χ0n) is 29.9. The molecule has 2 N–H and O–H groups in total. The maximum Gasteiger partial charge on any atom is 0.158 e. The third kappa shape index (κ3) is 11.7. The minimum Gasteiger partial charge on any atom is -0.504 e. The molecule has 48 heavy (non-hydrogen) atoms. The molecule has 4 rings (SSSR count). The summed E-state index contributed by atoms with van der Waals surface area (Å²) in [4.78, 5) is 21.3. The number of aryl methyl sites for hydroxylation is 5. The number of unbranched alkanes of at least 4 members (excludes halogenated alkanes) is 2. The molecular formula is C42H54N2NiO3. The van der Waals surface area contributed by atoms with Gasteiger partial charge in [-0.1, -0.05) is 84.2 Å². The van der Waals surface area contributed by atoms with E-state index in [0.717, 1.165) is 77.5 Å². The van der Waals surface area contributed by atoms with E-state index in [1.54, 1.807) is 0 Å². The van der Waals surface area contributed by atoms with E-state index >= 15 is 0 Å². The van der Waals surface area contributed by atoms with Crippen molar-refractivity contribution in [3.63, 3.8) is 0 Å². The summed E-state index contributed by atoms with van der Waals surface area (Å²) in [6, 6.07) is 20.1. The van der Waals surface area contributed by atoms with Gasteiger partial charge >= 0.3 is 0 Å². The number of carbonyl (C=O) groups excluding carboxylic acids is 1. The Kier molecular flexibility index (Phi) is 17.3. The summed E-state index contributed by atoms with van der Waals surface area (Å²) in [5.74, 6) is -0.133. The van der Waals surface area contributed by atoms with Crippen molar-refractivity contribution in [1.29, 1.82) is 0 Å². The molecule has 260 valence electrons. The van der Waals surface area contributed by atoms with Crippen molar-refractivity contribution in [2.45, 2.75) is 113 Å². The van der Waals surface area contributed by atoms with Gasteiger partial charge in [0, 0.05) is 35.5 Å². The number of phenolic OH excluding ortho intramolecular Hbond substituents is 2. The second kappa shape index (κ2) is 20.6. The van der Waals surface area contributed by atoms with Crippen molar-refractivity contribution in [1.82, 2.24) is 0 Å². The number of aliphatic imine (C=N–C) groups is 2. The van der Waals surface area contributed by atoms with Gasteiger partial charge in [-0.05, 0) is 120 Å². The second-order valence-corrected chi connectivity index (χ2v) is 12.2. The number of Topliss-reactive ketones (excluding diaryl/α,β-unsaturated/α-hetero) is 1. The van der Waals surface area contributed by atoms with Gasteiger partial charge in [0.1, 0.15) is 5.78 Å². The summed E-state index contributed by atoms with van der Waals surface area (Å²) < 4.78 is 0. The number of phenols is 2. The quantitative estimate of drug-likeness (QED) is 0.0597. The van der Waals surface area contributed by atoms with Crippen LogP contribution in [0.4, 0.5) is 11.4 Å². The molecule has 0 radical (unpaired) electrons. The largest absolute Gasteiger partial charge is 0.504 e. The summed E-state index contributed by atoms with van der Waals surface area (Å²) in [5.41, 5.74) is 10.7. The average molecular weight is 694 g/mol. The van der Waals surface area contributed by atoms with Crippen LogP contribution in [0.25, 0.3) is 10.8 Å². The molecule has 4 aromatic rings. The number of fused-ring (bicyclic) bond motifs is 1. The zero-order chi connectivity index (χ0) is 34.3. The number of rotatable bonds is 14. The molecule has 0 aliphatic rings. The molecule has 0 saturated carbocycles. The molecule has 0 bridgehead atoms. The first kappa shape index (κ1) is 40.4. The minimum absolute atomic E-state index is 0. The molecule has 0 spiro atoms. The number of hydrogen-bond acceptors (Lipinski definition) is 5. The van der Waals surface area contributed by atoms with Crippen molar-refractivity contribution >= 4 is 39.9 Å². The maximum atomic E-state index is 11.6. The minimum atomic E-state index is -0.156. The fourth-order valence-electron chi connectivity index (χ4n) is 5.86. The van der Waals surface area contributed by atoms with Crippen LogP contribution in [0.3, 0.4) is 0 Å². The van der Waals surface area contributed by atoms with Crippen molar-refractivity contribution in [2.75, 3.05) is 0 Å². The van der Waals surface area contributed by atoms with E-state index in [9.17, 15) is 15.0 Å². The Morgan fingerprint density at radius 2 is 1.27 bits per heavy atom. The molecule has 0 heterocycles. The fourth-order valence-corrected chi connectivity index (χ4v) is 5.86. The summed E-state index contributed by atoms with van der Waals surface area (Å²) in [5, 5.41) is 20.7. The molecule has 6 heteroatoms. The smallest absolute Gasteiger partial charge is 0.158 e. The predicted molar refractivity (Wildman–Crippen MR) is 201 cm³/mol. The SMILES string of the molecule is CCC(=O)Cc1cc(C)cc2cc(O)c(O)cc12.CCCCCC(C=Nc1ccc(CC)c(CC)c1)=Nc1ccc(CC)c(CC)c1.[Ni]. The normalized spacial score (nSPS) is 11.4. The van der Waals surface area contributed by atoms with E-state index in [1.165, 1.54) is 47.2 Å². The summed E-state index contributed by atoms with van der Waals surface area (Å²) in [7, 11) is 0. The van der Waals surface area contributed by atoms with Crippen LogP contribution < -0.4 is 0 Å². The van der Waals surface area contributed by atoms with Gasteiger partial charge in [0.2, 0.25) is 0 Å². The van der Waals surface area contributed by atoms with Crippen LogP contribution in [0.2, 0.25) is 0 Å². The van der Waals surface area contributed by atoms with Crippen LogP contribution in [0.5, 0.6) is 11.5 Å². The van der Waals surface area contributed by atoms with E-state index in [4.69, 9.17) is 9.98 Å². The average Bonchev–Trinajstić information content (AvgIpc) is 3.07. The van der Waals surface area contributed by atoms with Crippen molar-refractivity contribution in [3.05, 3.63) is 94.0 Å². The molecule has 0 aromatic heterocycles. The third-order valence-corrected chi connectivity index (χ3v) is 8.63. The van der Waals surface area contributed by atoms with E-state index < -0.39 is 0 Å². The number of aromatic hydroxyl groups is 2. The first-order chi connectivity index (χ1) is 22.6. The molecule has 0 saturated heterocycles. The monoisotopic (exact) mass is 692 g/mol. The van der Waals surface area contributed by atoms with Gasteiger partial charge in [-0.2, -0.15) is 0 Å². The Morgan fingerprint density at radius 3 is 1.85 bits per heavy atom. The van der Waals surface area contributed by atoms with Gasteiger partial charge in [-0.15, -0.1) is 0 Å². The van der Waals surface area contributed by atoms with E-state index in [2.05, 4.69) is 71.0 Å². The molecule has 0 atom stereocenters. The summed E-state index contributed by atoms with van der Waals surface area (Å²) >= 11 is 0. The van der Waals surface area contributed by atoms with E-state index in [-0.39, 0.29) is 33.8 Å². The van der Waals surface area contributed by atoms with Crippen LogP contribution >= 0.6 is 0 Å². The van der Waals surface area contributed by atoms with Gasteiger partial charge in [0.05, 0.1) is 17.1 Å². The second-order valence-electron chi connectivity index (χ2n) is 12.2. The standard InChI is InChI=1S/C27H38N2.C15H16O3.Ni/c1-6-11-12-13-27(29-26-17-15-22(8-3)24(10-5)19-26)20-28-25-16-14-21(7-2)23(9-4)18-25;1-3-12(16)6-10-4-9(2)5-11-7-14(17)15(18)8-13(10)11;/h14-20H,6-13H2,1-5H3;4-5,7-8,17-18H,3,6H2,1-2H3;. The Morgan fingerprint density at radius 1 is 0.688 bits per heavy atom. The molecule has 0 fully saturated rings. The molecule has 0 aliphatic carbocycles. The van der Waals surface area contributed by atoms with Crippen molar-refractivity contribution in [2.24, 2.45) is 9.98 Å². The number of nitrogens with zero attached hydrogens (tertiary/aromatic N) is 2. The first-order valence-corrected chi connectivity index (χ1v) is 17.5. The van der Waals surface area contributed by atoms with Crippen molar-refractivity contribution in [3.8, 4) is 11.5 Å². The van der Waals surface area contributed by atoms with Crippen LogP contribution in [-0.2, 0) is 53.4 Å². The van der Waals surface area contributed by atoms with Gasteiger partial charge in [-0.3, -0.25) is 14.8 Å². The molecule has 4 aromatic carbocycles. The number of benzene rings is 4. The molecule has 0 amide bonds. The number of hydrogen-bond donors (Lipinski definition) is 2. The van der Waals surface area contributed by atoms with Gasteiger partial charge in [-0.25, -0.2) is 0 Å². The molecule has 0 unspecified atom stereocenters. The van der Waals surface area contributed by atoms with Gasteiger partial charge < -0.3 is 10.2 Å². The Hall–Kier alpha value is -3.76. The van der Waals surface area contributed by atoms with Crippen molar-refractivity contribution < 1.29 is 31.5 Å². The van der Waals surface area contributed by atoms with E-state index in [1.807, 2.05) is 32.2 Å². The van der Waals surface area contributed by atoms with Crippen LogP contribution in [0.15, 0.2) is 70.6 Å². The van der Waals surface area contributed by atoms with Crippen LogP contribution in [-0.4, -0.2) is 27.9 Å². The Balaban J connectivity index is 0.000000361. The Bertz CT molecular complexity index is 1710. The van der Waals surface area contributed by atoms with Gasteiger partial charge in [0.25, 0.3) is 0 Å². The number of carbonyl (C=O) groups is 1. The Labute approximate surface area is 298 Å².